The van der Waals surface area contributed by atoms with Crippen molar-refractivity contribution in [3.05, 3.63) is 18.0 Å². The minimum atomic E-state index is 0.493. The first-order valence-corrected chi connectivity index (χ1v) is 7.74. The minimum absolute atomic E-state index is 0.493. The molecule has 20 heavy (non-hydrogen) atoms. The molecular formula is C15H20ClN3O. The lowest BCUT2D eigenvalue weighted by Gasteiger charge is -2.16. The number of imidazole rings is 1. The number of alkyl halides is 1. The molecular weight excluding hydrogens is 274 g/mol. The molecule has 3 rings (SSSR count). The molecule has 1 saturated carbocycles. The van der Waals surface area contributed by atoms with Gasteiger partial charge >= 0.3 is 0 Å². The summed E-state index contributed by atoms with van der Waals surface area (Å²) in [5.74, 6) is 3.05. The lowest BCUT2D eigenvalue weighted by atomic mass is 10.1. The van der Waals surface area contributed by atoms with E-state index in [2.05, 4.69) is 16.5 Å². The van der Waals surface area contributed by atoms with Gasteiger partial charge in [-0.25, -0.2) is 4.98 Å². The number of halogens is 1. The van der Waals surface area contributed by atoms with Crippen LogP contribution >= 0.6 is 11.6 Å². The summed E-state index contributed by atoms with van der Waals surface area (Å²) in [7, 11) is 1.65. The van der Waals surface area contributed by atoms with Crippen LogP contribution in [0.15, 0.2) is 12.1 Å². The van der Waals surface area contributed by atoms with Crippen molar-refractivity contribution in [3.8, 4) is 5.88 Å². The smallest absolute Gasteiger partial charge is 0.215 e. The number of ether oxygens (including phenoxy) is 1. The molecule has 0 aromatic carbocycles. The van der Waals surface area contributed by atoms with Gasteiger partial charge in [0.1, 0.15) is 11.3 Å². The maximum atomic E-state index is 5.93. The summed E-state index contributed by atoms with van der Waals surface area (Å²) < 4.78 is 7.55. The molecule has 1 aliphatic rings. The van der Waals surface area contributed by atoms with Crippen LogP contribution in [0.5, 0.6) is 5.88 Å². The number of pyridine rings is 1. The highest BCUT2D eigenvalue weighted by atomic mass is 35.5. The van der Waals surface area contributed by atoms with Crippen molar-refractivity contribution in [3.63, 3.8) is 0 Å². The van der Waals surface area contributed by atoms with E-state index < -0.39 is 0 Å². The maximum absolute atomic E-state index is 5.93. The first-order valence-electron chi connectivity index (χ1n) is 7.20. The van der Waals surface area contributed by atoms with E-state index in [0.717, 1.165) is 29.3 Å². The van der Waals surface area contributed by atoms with E-state index in [9.17, 15) is 0 Å². The SMILES string of the molecule is COc1ccc2nc(CCCl)n(C3CCC(C)C3)c2n1. The molecule has 2 heterocycles. The van der Waals surface area contributed by atoms with E-state index in [1.54, 1.807) is 7.11 Å². The number of fused-ring (bicyclic) bond motifs is 1. The highest BCUT2D eigenvalue weighted by molar-refractivity contribution is 6.17. The van der Waals surface area contributed by atoms with Gasteiger partial charge in [-0.2, -0.15) is 4.98 Å². The second kappa shape index (κ2) is 5.60. The Morgan fingerprint density at radius 1 is 1.35 bits per heavy atom. The molecule has 0 amide bonds. The highest BCUT2D eigenvalue weighted by Gasteiger charge is 2.27. The van der Waals surface area contributed by atoms with Gasteiger partial charge in [-0.1, -0.05) is 6.92 Å². The molecule has 0 radical (unpaired) electrons. The second-order valence-electron chi connectivity index (χ2n) is 5.61. The first-order chi connectivity index (χ1) is 9.72. The Bertz CT molecular complexity index is 610. The number of methoxy groups -OCH3 is 1. The van der Waals surface area contributed by atoms with Gasteiger partial charge in [-0.05, 0) is 31.2 Å². The molecule has 0 spiro atoms. The van der Waals surface area contributed by atoms with Crippen LogP contribution in [0.3, 0.4) is 0 Å². The van der Waals surface area contributed by atoms with Gasteiger partial charge in [-0.3, -0.25) is 0 Å². The average Bonchev–Trinajstić information content (AvgIpc) is 3.01. The molecule has 0 bridgehead atoms. The van der Waals surface area contributed by atoms with Gasteiger partial charge in [0.05, 0.1) is 7.11 Å². The fraction of sp³-hybridized carbons (Fsp3) is 0.600. The molecule has 1 aliphatic carbocycles. The fourth-order valence-electron chi connectivity index (χ4n) is 3.17. The van der Waals surface area contributed by atoms with Crippen LogP contribution in [0.4, 0.5) is 0 Å². The minimum Gasteiger partial charge on any atom is -0.481 e. The topological polar surface area (TPSA) is 39.9 Å². The summed E-state index contributed by atoms with van der Waals surface area (Å²) in [5.41, 5.74) is 1.87. The molecule has 0 N–H and O–H groups in total. The van der Waals surface area contributed by atoms with E-state index >= 15 is 0 Å². The molecule has 2 atom stereocenters. The molecule has 0 aliphatic heterocycles. The summed E-state index contributed by atoms with van der Waals surface area (Å²) in [4.78, 5) is 9.31. The monoisotopic (exact) mass is 293 g/mol. The normalized spacial score (nSPS) is 22.6. The fourth-order valence-corrected chi connectivity index (χ4v) is 3.34. The average molecular weight is 294 g/mol. The Balaban J connectivity index is 2.11. The lowest BCUT2D eigenvalue weighted by molar-refractivity contribution is 0.398. The molecule has 2 aromatic heterocycles. The zero-order chi connectivity index (χ0) is 14.1. The van der Waals surface area contributed by atoms with Crippen molar-refractivity contribution in [2.75, 3.05) is 13.0 Å². The Kier molecular flexibility index (Phi) is 3.83. The van der Waals surface area contributed by atoms with E-state index in [-0.39, 0.29) is 0 Å². The van der Waals surface area contributed by atoms with Gasteiger partial charge in [0.15, 0.2) is 5.65 Å². The number of hydrogen-bond acceptors (Lipinski definition) is 3. The zero-order valence-electron chi connectivity index (χ0n) is 12.0. The third-order valence-corrected chi connectivity index (χ3v) is 4.33. The summed E-state index contributed by atoms with van der Waals surface area (Å²) in [6.07, 6.45) is 4.44. The molecule has 108 valence electrons. The van der Waals surface area contributed by atoms with Crippen molar-refractivity contribution < 1.29 is 4.74 Å². The van der Waals surface area contributed by atoms with Gasteiger partial charge in [0.25, 0.3) is 0 Å². The van der Waals surface area contributed by atoms with E-state index in [0.29, 0.717) is 17.8 Å². The standard InChI is InChI=1S/C15H20ClN3O/c1-10-3-4-11(9-10)19-13(7-8-16)17-12-5-6-14(20-2)18-15(12)19/h5-6,10-11H,3-4,7-9H2,1-2H3. The highest BCUT2D eigenvalue weighted by Crippen LogP contribution is 2.37. The van der Waals surface area contributed by atoms with Crippen molar-refractivity contribution in [1.29, 1.82) is 0 Å². The third-order valence-electron chi connectivity index (χ3n) is 4.14. The van der Waals surface area contributed by atoms with Crippen LogP contribution < -0.4 is 4.74 Å². The van der Waals surface area contributed by atoms with Crippen molar-refractivity contribution in [1.82, 2.24) is 14.5 Å². The number of aromatic nitrogens is 3. The molecule has 2 aromatic rings. The van der Waals surface area contributed by atoms with Gasteiger partial charge in [0, 0.05) is 24.4 Å². The van der Waals surface area contributed by atoms with Gasteiger partial charge in [-0.15, -0.1) is 11.6 Å². The molecule has 4 nitrogen and oxygen atoms in total. The van der Waals surface area contributed by atoms with Gasteiger partial charge < -0.3 is 9.30 Å². The number of nitrogens with zero attached hydrogens (tertiary/aromatic N) is 3. The molecule has 1 fully saturated rings. The summed E-state index contributed by atoms with van der Waals surface area (Å²) in [6.45, 7) is 2.31. The van der Waals surface area contributed by atoms with E-state index in [4.69, 9.17) is 21.3 Å². The predicted octanol–water partition coefficient (Wildman–Crippen LogP) is 3.58. The second-order valence-corrected chi connectivity index (χ2v) is 5.98. The Hall–Kier alpha value is -1.29. The maximum Gasteiger partial charge on any atom is 0.215 e. The Morgan fingerprint density at radius 3 is 2.85 bits per heavy atom. The van der Waals surface area contributed by atoms with Crippen LogP contribution in [0.2, 0.25) is 0 Å². The predicted molar refractivity (Wildman–Crippen MR) is 80.6 cm³/mol. The zero-order valence-corrected chi connectivity index (χ0v) is 12.7. The van der Waals surface area contributed by atoms with Gasteiger partial charge in [0.2, 0.25) is 5.88 Å². The van der Waals surface area contributed by atoms with Crippen LogP contribution in [0.25, 0.3) is 11.2 Å². The molecule has 2 unspecified atom stereocenters. The number of rotatable bonds is 4. The van der Waals surface area contributed by atoms with Crippen LogP contribution in [0.1, 0.15) is 38.1 Å². The van der Waals surface area contributed by atoms with Crippen LogP contribution in [-0.2, 0) is 6.42 Å². The Labute approximate surface area is 124 Å². The van der Waals surface area contributed by atoms with Crippen LogP contribution in [-0.4, -0.2) is 27.5 Å². The quantitative estimate of drug-likeness (QED) is 0.809. The first kappa shape index (κ1) is 13.7. The summed E-state index contributed by atoms with van der Waals surface area (Å²) >= 11 is 5.93. The van der Waals surface area contributed by atoms with Crippen molar-refractivity contribution >= 4 is 22.8 Å². The Morgan fingerprint density at radius 2 is 2.20 bits per heavy atom. The third kappa shape index (κ3) is 2.37. The van der Waals surface area contributed by atoms with E-state index in [1.807, 2.05) is 12.1 Å². The van der Waals surface area contributed by atoms with E-state index in [1.165, 1.54) is 19.3 Å². The molecule has 5 heteroatoms. The van der Waals surface area contributed by atoms with Crippen LogP contribution in [0, 0.1) is 5.92 Å². The number of hydrogen-bond donors (Lipinski definition) is 0. The molecule has 0 saturated heterocycles. The lowest BCUT2D eigenvalue weighted by Crippen LogP contribution is -2.11. The van der Waals surface area contributed by atoms with Crippen molar-refractivity contribution in [2.24, 2.45) is 5.92 Å². The van der Waals surface area contributed by atoms with Crippen molar-refractivity contribution in [2.45, 2.75) is 38.6 Å². The summed E-state index contributed by atoms with van der Waals surface area (Å²) in [6, 6.07) is 4.34. The summed E-state index contributed by atoms with van der Waals surface area (Å²) in [5, 5.41) is 0. The largest absolute Gasteiger partial charge is 0.481 e. The number of aryl methyl sites for hydroxylation is 1.